The van der Waals surface area contributed by atoms with Gasteiger partial charge in [0.05, 0.1) is 12.2 Å². The lowest BCUT2D eigenvalue weighted by molar-refractivity contribution is 0.251. The molecule has 0 saturated heterocycles. The number of anilines is 1. The van der Waals surface area contributed by atoms with Gasteiger partial charge in [-0.05, 0) is 36.4 Å². The maximum Gasteiger partial charge on any atom is 0.319 e. The van der Waals surface area contributed by atoms with Gasteiger partial charge in [-0.15, -0.1) is 0 Å². The molecule has 92 valence electrons. The molecule has 4 nitrogen and oxygen atoms in total. The average Bonchev–Trinajstić information content (AvgIpc) is 2.40. The molecule has 0 saturated carbocycles. The first-order valence-electron chi connectivity index (χ1n) is 5.44. The van der Waals surface area contributed by atoms with Gasteiger partial charge in [-0.1, -0.05) is 6.07 Å². The van der Waals surface area contributed by atoms with E-state index >= 15 is 0 Å². The van der Waals surface area contributed by atoms with E-state index in [0.29, 0.717) is 12.2 Å². The van der Waals surface area contributed by atoms with Gasteiger partial charge in [0.15, 0.2) is 0 Å². The summed E-state index contributed by atoms with van der Waals surface area (Å²) < 4.78 is 12.7. The molecule has 18 heavy (non-hydrogen) atoms. The number of pyridine rings is 1. The molecule has 1 heterocycles. The van der Waals surface area contributed by atoms with Crippen molar-refractivity contribution >= 4 is 11.7 Å². The number of halogens is 1. The van der Waals surface area contributed by atoms with Gasteiger partial charge in [0, 0.05) is 11.9 Å². The fourth-order valence-electron chi connectivity index (χ4n) is 1.38. The lowest BCUT2D eigenvalue weighted by Gasteiger charge is -2.07. The third-order valence-electron chi connectivity index (χ3n) is 2.26. The largest absolute Gasteiger partial charge is 0.332 e. The van der Waals surface area contributed by atoms with Crippen molar-refractivity contribution in [2.45, 2.75) is 6.54 Å². The number of nitrogens with zero attached hydrogens (tertiary/aromatic N) is 1. The standard InChI is InChI=1S/C13H12FN3O/c14-10-4-6-11(7-5-10)17-13(18)16-9-12-3-1-2-8-15-12/h1-8H,9H2,(H2,16,17,18). The molecule has 0 aliphatic carbocycles. The third kappa shape index (κ3) is 3.55. The summed E-state index contributed by atoms with van der Waals surface area (Å²) >= 11 is 0. The number of carbonyl (C=O) groups excluding carboxylic acids is 1. The third-order valence-corrected chi connectivity index (χ3v) is 2.26. The summed E-state index contributed by atoms with van der Waals surface area (Å²) in [5, 5.41) is 5.25. The van der Waals surface area contributed by atoms with E-state index in [0.717, 1.165) is 5.69 Å². The van der Waals surface area contributed by atoms with Crippen LogP contribution in [0, 0.1) is 5.82 Å². The molecule has 0 unspecified atom stereocenters. The molecule has 5 heteroatoms. The van der Waals surface area contributed by atoms with Gasteiger partial charge in [-0.2, -0.15) is 0 Å². The lowest BCUT2D eigenvalue weighted by atomic mass is 10.3. The predicted molar refractivity (Wildman–Crippen MR) is 66.5 cm³/mol. The summed E-state index contributed by atoms with van der Waals surface area (Å²) in [6, 6.07) is 10.7. The number of hydrogen-bond donors (Lipinski definition) is 2. The second-order valence-electron chi connectivity index (χ2n) is 3.64. The van der Waals surface area contributed by atoms with Crippen molar-refractivity contribution in [3.8, 4) is 0 Å². The van der Waals surface area contributed by atoms with E-state index in [1.165, 1.54) is 24.3 Å². The first-order chi connectivity index (χ1) is 8.74. The summed E-state index contributed by atoms with van der Waals surface area (Å²) in [5.74, 6) is -0.338. The van der Waals surface area contributed by atoms with Crippen molar-refractivity contribution in [1.29, 1.82) is 0 Å². The summed E-state index contributed by atoms with van der Waals surface area (Å²) in [6.07, 6.45) is 1.66. The summed E-state index contributed by atoms with van der Waals surface area (Å²) in [4.78, 5) is 15.6. The van der Waals surface area contributed by atoms with Crippen LogP contribution in [-0.4, -0.2) is 11.0 Å². The molecular formula is C13H12FN3O. The highest BCUT2D eigenvalue weighted by Crippen LogP contribution is 2.07. The molecule has 0 aliphatic heterocycles. The summed E-state index contributed by atoms with van der Waals surface area (Å²) in [6.45, 7) is 0.341. The van der Waals surface area contributed by atoms with Crippen molar-refractivity contribution in [2.75, 3.05) is 5.32 Å². The second kappa shape index (κ2) is 5.77. The number of nitrogens with one attached hydrogen (secondary N) is 2. The topological polar surface area (TPSA) is 54.0 Å². The molecule has 0 bridgehead atoms. The Bertz CT molecular complexity index is 514. The quantitative estimate of drug-likeness (QED) is 0.873. The van der Waals surface area contributed by atoms with E-state index in [1.807, 2.05) is 18.2 Å². The molecule has 2 aromatic rings. The highest BCUT2D eigenvalue weighted by molar-refractivity contribution is 5.89. The van der Waals surface area contributed by atoms with Gasteiger partial charge in [0.1, 0.15) is 5.82 Å². The Morgan fingerprint density at radius 2 is 1.94 bits per heavy atom. The van der Waals surface area contributed by atoms with E-state index in [9.17, 15) is 9.18 Å². The molecule has 0 fully saturated rings. The second-order valence-corrected chi connectivity index (χ2v) is 3.64. The predicted octanol–water partition coefficient (Wildman–Crippen LogP) is 2.54. The summed E-state index contributed by atoms with van der Waals surface area (Å²) in [5.41, 5.74) is 1.31. The maximum atomic E-state index is 12.7. The van der Waals surface area contributed by atoms with Gasteiger partial charge >= 0.3 is 6.03 Å². The fourth-order valence-corrected chi connectivity index (χ4v) is 1.38. The zero-order valence-corrected chi connectivity index (χ0v) is 9.56. The molecule has 1 aromatic carbocycles. The number of aromatic nitrogens is 1. The minimum atomic E-state index is -0.354. The summed E-state index contributed by atoms with van der Waals surface area (Å²) in [7, 11) is 0. The van der Waals surface area contributed by atoms with Crippen molar-refractivity contribution in [3.05, 3.63) is 60.2 Å². The van der Waals surface area contributed by atoms with E-state index < -0.39 is 0 Å². The van der Waals surface area contributed by atoms with Crippen LogP contribution in [0.4, 0.5) is 14.9 Å². The zero-order chi connectivity index (χ0) is 12.8. The van der Waals surface area contributed by atoms with Crippen LogP contribution < -0.4 is 10.6 Å². The minimum Gasteiger partial charge on any atom is -0.332 e. The Morgan fingerprint density at radius 3 is 2.61 bits per heavy atom. The molecule has 0 atom stereocenters. The van der Waals surface area contributed by atoms with Crippen LogP contribution >= 0.6 is 0 Å². The van der Waals surface area contributed by atoms with Crippen molar-refractivity contribution < 1.29 is 9.18 Å². The SMILES string of the molecule is O=C(NCc1ccccn1)Nc1ccc(F)cc1. The van der Waals surface area contributed by atoms with Gasteiger partial charge in [-0.25, -0.2) is 9.18 Å². The van der Waals surface area contributed by atoms with Gasteiger partial charge in [-0.3, -0.25) is 4.98 Å². The van der Waals surface area contributed by atoms with E-state index in [4.69, 9.17) is 0 Å². The van der Waals surface area contributed by atoms with Crippen LogP contribution in [-0.2, 0) is 6.54 Å². The Balaban J connectivity index is 1.84. The van der Waals surface area contributed by atoms with Crippen LogP contribution in [0.15, 0.2) is 48.7 Å². The fraction of sp³-hybridized carbons (Fsp3) is 0.0769. The molecule has 0 spiro atoms. The van der Waals surface area contributed by atoms with Crippen molar-refractivity contribution in [2.24, 2.45) is 0 Å². The monoisotopic (exact) mass is 245 g/mol. The average molecular weight is 245 g/mol. The van der Waals surface area contributed by atoms with E-state index in [-0.39, 0.29) is 11.8 Å². The molecule has 2 N–H and O–H groups in total. The number of carbonyl (C=O) groups is 1. The molecule has 1 aromatic heterocycles. The number of urea groups is 1. The Kier molecular flexibility index (Phi) is 3.86. The van der Waals surface area contributed by atoms with Crippen LogP contribution in [0.5, 0.6) is 0 Å². The van der Waals surface area contributed by atoms with Crippen LogP contribution in [0.1, 0.15) is 5.69 Å². The van der Waals surface area contributed by atoms with E-state index in [1.54, 1.807) is 6.20 Å². The number of rotatable bonds is 3. The number of benzene rings is 1. The van der Waals surface area contributed by atoms with Crippen LogP contribution in [0.2, 0.25) is 0 Å². The number of hydrogen-bond acceptors (Lipinski definition) is 2. The van der Waals surface area contributed by atoms with Crippen molar-refractivity contribution in [3.63, 3.8) is 0 Å². The Morgan fingerprint density at radius 1 is 1.17 bits per heavy atom. The van der Waals surface area contributed by atoms with Crippen molar-refractivity contribution in [1.82, 2.24) is 10.3 Å². The van der Waals surface area contributed by atoms with Gasteiger partial charge < -0.3 is 10.6 Å². The smallest absolute Gasteiger partial charge is 0.319 e. The normalized spacial score (nSPS) is 9.83. The maximum absolute atomic E-state index is 12.7. The van der Waals surface area contributed by atoms with Gasteiger partial charge in [0.25, 0.3) is 0 Å². The number of amides is 2. The molecule has 2 rings (SSSR count). The van der Waals surface area contributed by atoms with Crippen LogP contribution in [0.25, 0.3) is 0 Å². The first-order valence-corrected chi connectivity index (χ1v) is 5.44. The molecule has 0 radical (unpaired) electrons. The molecule has 0 aliphatic rings. The lowest BCUT2D eigenvalue weighted by Crippen LogP contribution is -2.28. The minimum absolute atomic E-state index is 0.338. The highest BCUT2D eigenvalue weighted by atomic mass is 19.1. The highest BCUT2D eigenvalue weighted by Gasteiger charge is 2.01. The zero-order valence-electron chi connectivity index (χ0n) is 9.56. The van der Waals surface area contributed by atoms with Crippen LogP contribution in [0.3, 0.4) is 0 Å². The molecular weight excluding hydrogens is 233 g/mol. The first kappa shape index (κ1) is 12.0. The van der Waals surface area contributed by atoms with Gasteiger partial charge in [0.2, 0.25) is 0 Å². The molecule has 2 amide bonds. The Labute approximate surface area is 104 Å². The Hall–Kier alpha value is -2.43. The van der Waals surface area contributed by atoms with E-state index in [2.05, 4.69) is 15.6 Å².